The minimum atomic E-state index is -3.02. The van der Waals surface area contributed by atoms with Gasteiger partial charge in [-0.2, -0.15) is 0 Å². The van der Waals surface area contributed by atoms with Gasteiger partial charge in [0.05, 0.1) is 5.25 Å². The number of nitrogens with one attached hydrogen (secondary N) is 2. The molecule has 2 aliphatic carbocycles. The Morgan fingerprint density at radius 1 is 1.06 bits per heavy atom. The van der Waals surface area contributed by atoms with Crippen LogP contribution in [0.3, 0.4) is 0 Å². The van der Waals surface area contributed by atoms with Crippen LogP contribution >= 0.6 is 0 Å². The monoisotopic (exact) mass is 258 g/mol. The molecule has 1 aliphatic heterocycles. The molecule has 2 N–H and O–H groups in total. The van der Waals surface area contributed by atoms with Gasteiger partial charge in [0.1, 0.15) is 0 Å². The third kappa shape index (κ3) is 2.25. The van der Waals surface area contributed by atoms with Gasteiger partial charge < -0.3 is 5.32 Å². The SMILES string of the molecule is O=S(=O)(NC1CCCC12CCNCC2)C1CC1. The van der Waals surface area contributed by atoms with Crippen LogP contribution in [0, 0.1) is 5.41 Å². The zero-order valence-corrected chi connectivity index (χ0v) is 11.1. The highest BCUT2D eigenvalue weighted by Gasteiger charge is 2.47. The Balaban J connectivity index is 1.73. The molecule has 0 aromatic rings. The van der Waals surface area contributed by atoms with E-state index >= 15 is 0 Å². The van der Waals surface area contributed by atoms with Crippen LogP contribution in [0.1, 0.15) is 44.9 Å². The highest BCUT2D eigenvalue weighted by molar-refractivity contribution is 7.90. The maximum absolute atomic E-state index is 12.0. The third-order valence-electron chi connectivity index (χ3n) is 4.78. The molecule has 2 saturated carbocycles. The first-order chi connectivity index (χ1) is 8.12. The Morgan fingerprint density at radius 2 is 1.76 bits per heavy atom. The van der Waals surface area contributed by atoms with Crippen molar-refractivity contribution >= 4 is 10.0 Å². The first-order valence-electron chi connectivity index (χ1n) is 6.84. The van der Waals surface area contributed by atoms with Crippen molar-refractivity contribution in [3.05, 3.63) is 0 Å². The minimum Gasteiger partial charge on any atom is -0.317 e. The topological polar surface area (TPSA) is 58.2 Å². The smallest absolute Gasteiger partial charge is 0.214 e. The highest BCUT2D eigenvalue weighted by atomic mass is 32.2. The molecule has 4 nitrogen and oxygen atoms in total. The fraction of sp³-hybridized carbons (Fsp3) is 1.00. The number of piperidine rings is 1. The molecule has 5 heteroatoms. The fourth-order valence-corrected chi connectivity index (χ4v) is 5.23. The van der Waals surface area contributed by atoms with Crippen molar-refractivity contribution in [2.24, 2.45) is 5.41 Å². The number of hydrogen-bond acceptors (Lipinski definition) is 3. The molecule has 98 valence electrons. The number of rotatable bonds is 3. The lowest BCUT2D eigenvalue weighted by molar-refractivity contribution is 0.174. The molecule has 1 atom stereocenters. The van der Waals surface area contributed by atoms with E-state index in [1.807, 2.05) is 0 Å². The van der Waals surface area contributed by atoms with Crippen molar-refractivity contribution in [1.29, 1.82) is 0 Å². The second-order valence-corrected chi connectivity index (χ2v) is 7.91. The molecular formula is C12H22N2O2S. The molecular weight excluding hydrogens is 236 g/mol. The van der Waals surface area contributed by atoms with E-state index in [0.717, 1.165) is 45.2 Å². The van der Waals surface area contributed by atoms with Crippen LogP contribution < -0.4 is 10.0 Å². The van der Waals surface area contributed by atoms with Crippen LogP contribution in [0.15, 0.2) is 0 Å². The quantitative estimate of drug-likeness (QED) is 0.794. The molecule has 17 heavy (non-hydrogen) atoms. The molecule has 1 spiro atoms. The summed E-state index contributed by atoms with van der Waals surface area (Å²) in [7, 11) is -3.02. The van der Waals surface area contributed by atoms with Gasteiger partial charge in [-0.05, 0) is 57.0 Å². The molecule has 3 aliphatic rings. The first kappa shape index (κ1) is 11.9. The van der Waals surface area contributed by atoms with Gasteiger partial charge in [0, 0.05) is 6.04 Å². The first-order valence-corrected chi connectivity index (χ1v) is 8.39. The highest BCUT2D eigenvalue weighted by Crippen LogP contribution is 2.46. The summed E-state index contributed by atoms with van der Waals surface area (Å²) in [5.41, 5.74) is 0.257. The Morgan fingerprint density at radius 3 is 2.41 bits per heavy atom. The molecule has 1 heterocycles. The molecule has 0 radical (unpaired) electrons. The average Bonchev–Trinajstić information content (AvgIpc) is 3.09. The maximum Gasteiger partial charge on any atom is 0.214 e. The van der Waals surface area contributed by atoms with Gasteiger partial charge in [-0.3, -0.25) is 0 Å². The number of sulfonamides is 1. The summed E-state index contributed by atoms with van der Waals surface area (Å²) >= 11 is 0. The second kappa shape index (κ2) is 4.21. The second-order valence-electron chi connectivity index (χ2n) is 5.92. The van der Waals surface area contributed by atoms with Gasteiger partial charge in [-0.25, -0.2) is 13.1 Å². The van der Waals surface area contributed by atoms with Crippen LogP contribution in [0.4, 0.5) is 0 Å². The molecule has 0 bridgehead atoms. The van der Waals surface area contributed by atoms with E-state index in [1.165, 1.54) is 12.8 Å². The molecule has 3 rings (SSSR count). The third-order valence-corrected chi connectivity index (χ3v) is 6.74. The van der Waals surface area contributed by atoms with Gasteiger partial charge in [-0.15, -0.1) is 0 Å². The fourth-order valence-electron chi connectivity index (χ4n) is 3.52. The number of hydrogen-bond donors (Lipinski definition) is 2. The van der Waals surface area contributed by atoms with Crippen molar-refractivity contribution in [2.45, 2.75) is 56.2 Å². The lowest BCUT2D eigenvalue weighted by Crippen LogP contribution is -2.49. The zero-order chi connectivity index (χ0) is 11.9. The summed E-state index contributed by atoms with van der Waals surface area (Å²) in [6.45, 7) is 2.09. The van der Waals surface area contributed by atoms with E-state index in [0.29, 0.717) is 0 Å². The summed E-state index contributed by atoms with van der Waals surface area (Å²) in [5, 5.41) is 3.30. The largest absolute Gasteiger partial charge is 0.317 e. The molecule has 1 saturated heterocycles. The molecule has 0 amide bonds. The Kier molecular flexibility index (Phi) is 2.96. The Labute approximate surface area is 104 Å². The van der Waals surface area contributed by atoms with Crippen LogP contribution in [-0.4, -0.2) is 32.8 Å². The summed E-state index contributed by atoms with van der Waals surface area (Å²) in [5.74, 6) is 0. The predicted octanol–water partition coefficient (Wildman–Crippen LogP) is 0.990. The Bertz CT molecular complexity index is 383. The van der Waals surface area contributed by atoms with E-state index in [9.17, 15) is 8.42 Å². The van der Waals surface area contributed by atoms with Crippen LogP contribution in [0.5, 0.6) is 0 Å². The van der Waals surface area contributed by atoms with Crippen LogP contribution in [0.25, 0.3) is 0 Å². The van der Waals surface area contributed by atoms with Crippen molar-refractivity contribution in [2.75, 3.05) is 13.1 Å². The summed E-state index contributed by atoms with van der Waals surface area (Å²) in [4.78, 5) is 0. The van der Waals surface area contributed by atoms with E-state index in [2.05, 4.69) is 10.0 Å². The van der Waals surface area contributed by atoms with E-state index in [4.69, 9.17) is 0 Å². The maximum atomic E-state index is 12.0. The van der Waals surface area contributed by atoms with Crippen molar-refractivity contribution in [1.82, 2.24) is 10.0 Å². The van der Waals surface area contributed by atoms with Crippen molar-refractivity contribution in [3.8, 4) is 0 Å². The van der Waals surface area contributed by atoms with Gasteiger partial charge in [0.25, 0.3) is 0 Å². The van der Waals surface area contributed by atoms with E-state index in [-0.39, 0.29) is 16.7 Å². The van der Waals surface area contributed by atoms with Gasteiger partial charge >= 0.3 is 0 Å². The standard InChI is InChI=1S/C12H22N2O2S/c15-17(16,10-3-4-10)14-11-2-1-5-12(11)6-8-13-9-7-12/h10-11,13-14H,1-9H2. The lowest BCUT2D eigenvalue weighted by Gasteiger charge is -2.39. The van der Waals surface area contributed by atoms with E-state index in [1.54, 1.807) is 0 Å². The molecule has 0 aromatic carbocycles. The summed E-state index contributed by atoms with van der Waals surface area (Å²) in [6.07, 6.45) is 7.39. The van der Waals surface area contributed by atoms with Gasteiger partial charge in [0.2, 0.25) is 10.0 Å². The molecule has 3 fully saturated rings. The summed E-state index contributed by atoms with van der Waals surface area (Å²) < 4.78 is 27.1. The average molecular weight is 258 g/mol. The minimum absolute atomic E-state index is 0.0816. The lowest BCUT2D eigenvalue weighted by atomic mass is 9.75. The van der Waals surface area contributed by atoms with Gasteiger partial charge in [-0.1, -0.05) is 6.42 Å². The van der Waals surface area contributed by atoms with Gasteiger partial charge in [0.15, 0.2) is 0 Å². The Hall–Kier alpha value is -0.130. The van der Waals surface area contributed by atoms with Crippen LogP contribution in [0.2, 0.25) is 0 Å². The van der Waals surface area contributed by atoms with Crippen molar-refractivity contribution < 1.29 is 8.42 Å². The van der Waals surface area contributed by atoms with E-state index < -0.39 is 10.0 Å². The summed E-state index contributed by atoms with van der Waals surface area (Å²) in [6, 6.07) is 0.204. The predicted molar refractivity (Wildman–Crippen MR) is 67.3 cm³/mol. The normalized spacial score (nSPS) is 33.1. The molecule has 1 unspecified atom stereocenters. The van der Waals surface area contributed by atoms with Crippen molar-refractivity contribution in [3.63, 3.8) is 0 Å². The van der Waals surface area contributed by atoms with Crippen LogP contribution in [-0.2, 0) is 10.0 Å². The molecule has 0 aromatic heterocycles. The zero-order valence-electron chi connectivity index (χ0n) is 10.2.